The number of anilines is 1. The van der Waals surface area contributed by atoms with Crippen LogP contribution in [-0.4, -0.2) is 23.2 Å². The third kappa shape index (κ3) is 2.11. The highest BCUT2D eigenvalue weighted by molar-refractivity contribution is 7.80. The maximum atomic E-state index is 11.9. The highest BCUT2D eigenvalue weighted by atomic mass is 35.5. The number of nitrogens with zero attached hydrogens (tertiary/aromatic N) is 2. The van der Waals surface area contributed by atoms with Crippen molar-refractivity contribution in [1.29, 1.82) is 0 Å². The second-order valence-corrected chi connectivity index (χ2v) is 6.18. The van der Waals surface area contributed by atoms with Crippen LogP contribution in [0.3, 0.4) is 0 Å². The zero-order chi connectivity index (χ0) is 12.7. The Kier molecular flexibility index (Phi) is 3.21. The lowest BCUT2D eigenvalue weighted by molar-refractivity contribution is -0.117. The van der Waals surface area contributed by atoms with Gasteiger partial charge in [0.2, 0.25) is 5.91 Å². The summed E-state index contributed by atoms with van der Waals surface area (Å²) in [4.78, 5) is 18.2. The van der Waals surface area contributed by atoms with Gasteiger partial charge in [-0.05, 0) is 29.9 Å². The minimum absolute atomic E-state index is 0.138. The lowest BCUT2D eigenvalue weighted by Crippen LogP contribution is -2.24. The first-order chi connectivity index (χ1) is 8.67. The number of thiazole rings is 1. The van der Waals surface area contributed by atoms with Crippen molar-refractivity contribution in [2.45, 2.75) is 6.42 Å². The fourth-order valence-corrected chi connectivity index (χ4v) is 3.48. The van der Waals surface area contributed by atoms with E-state index in [0.29, 0.717) is 17.4 Å². The fraction of sp³-hybridized carbons (Fsp3) is 0.333. The number of amides is 1. The van der Waals surface area contributed by atoms with Crippen LogP contribution in [0.25, 0.3) is 10.2 Å². The first kappa shape index (κ1) is 12.3. The summed E-state index contributed by atoms with van der Waals surface area (Å²) in [6.45, 7) is 0.718. The first-order valence-electron chi connectivity index (χ1n) is 5.64. The molecule has 1 fully saturated rings. The molecule has 0 radical (unpaired) electrons. The minimum atomic E-state index is 0.138. The Morgan fingerprint density at radius 2 is 2.39 bits per heavy atom. The lowest BCUT2D eigenvalue weighted by Gasteiger charge is -2.11. The monoisotopic (exact) mass is 298 g/mol. The molecule has 1 unspecified atom stereocenters. The number of aromatic nitrogens is 1. The third-order valence-corrected chi connectivity index (χ3v) is 4.84. The van der Waals surface area contributed by atoms with Gasteiger partial charge in [0.25, 0.3) is 0 Å². The SMILES string of the molecule is O=C1CC(CS)CN1c1nc2cc(Cl)ccc2s1. The molecule has 94 valence electrons. The number of thiol groups is 1. The molecule has 3 nitrogen and oxygen atoms in total. The van der Waals surface area contributed by atoms with Crippen LogP contribution in [0.1, 0.15) is 6.42 Å². The lowest BCUT2D eigenvalue weighted by atomic mass is 10.1. The predicted molar refractivity (Wildman–Crippen MR) is 78.9 cm³/mol. The summed E-state index contributed by atoms with van der Waals surface area (Å²) in [5.74, 6) is 1.20. The van der Waals surface area contributed by atoms with E-state index in [1.807, 2.05) is 18.2 Å². The van der Waals surface area contributed by atoms with Crippen molar-refractivity contribution < 1.29 is 4.79 Å². The van der Waals surface area contributed by atoms with Crippen molar-refractivity contribution in [2.75, 3.05) is 17.2 Å². The molecule has 1 aromatic heterocycles. The molecule has 0 N–H and O–H groups in total. The van der Waals surface area contributed by atoms with Crippen LogP contribution in [0.5, 0.6) is 0 Å². The van der Waals surface area contributed by atoms with Gasteiger partial charge in [-0.2, -0.15) is 12.6 Å². The van der Waals surface area contributed by atoms with Crippen molar-refractivity contribution in [2.24, 2.45) is 5.92 Å². The Morgan fingerprint density at radius 1 is 1.56 bits per heavy atom. The highest BCUT2D eigenvalue weighted by Gasteiger charge is 2.31. The van der Waals surface area contributed by atoms with Crippen LogP contribution in [-0.2, 0) is 4.79 Å². The summed E-state index contributed by atoms with van der Waals surface area (Å²) >= 11 is 11.7. The Bertz CT molecular complexity index is 613. The maximum absolute atomic E-state index is 11.9. The number of hydrogen-bond donors (Lipinski definition) is 1. The normalized spacial score (nSPS) is 20.0. The standard InChI is InChI=1S/C12H11ClN2OS2/c13-8-1-2-10-9(4-8)14-12(18-10)15-5-7(6-17)3-11(15)16/h1-2,4,7,17H,3,5-6H2. The van der Waals surface area contributed by atoms with Crippen molar-refractivity contribution in [3.05, 3.63) is 23.2 Å². The molecule has 18 heavy (non-hydrogen) atoms. The van der Waals surface area contributed by atoms with E-state index < -0.39 is 0 Å². The molecular weight excluding hydrogens is 288 g/mol. The molecular formula is C12H11ClN2OS2. The molecule has 0 bridgehead atoms. The van der Waals surface area contributed by atoms with E-state index in [-0.39, 0.29) is 5.91 Å². The second-order valence-electron chi connectivity index (χ2n) is 4.37. The number of rotatable bonds is 2. The summed E-state index contributed by atoms with van der Waals surface area (Å²) in [5, 5.41) is 1.43. The Morgan fingerprint density at radius 3 is 3.11 bits per heavy atom. The predicted octanol–water partition coefficient (Wildman–Crippen LogP) is 3.23. The van der Waals surface area contributed by atoms with Gasteiger partial charge in [0.15, 0.2) is 5.13 Å². The highest BCUT2D eigenvalue weighted by Crippen LogP contribution is 2.33. The molecule has 2 aromatic rings. The van der Waals surface area contributed by atoms with E-state index in [1.165, 1.54) is 11.3 Å². The van der Waals surface area contributed by atoms with Crippen LogP contribution in [0.15, 0.2) is 18.2 Å². The van der Waals surface area contributed by atoms with Crippen LogP contribution < -0.4 is 4.90 Å². The van der Waals surface area contributed by atoms with Gasteiger partial charge in [0, 0.05) is 18.0 Å². The summed E-state index contributed by atoms with van der Waals surface area (Å²) in [6, 6.07) is 5.61. The van der Waals surface area contributed by atoms with Crippen LogP contribution in [0.2, 0.25) is 5.02 Å². The van der Waals surface area contributed by atoms with E-state index in [9.17, 15) is 4.79 Å². The van der Waals surface area contributed by atoms with Crippen molar-refractivity contribution in [3.8, 4) is 0 Å². The van der Waals surface area contributed by atoms with E-state index in [0.717, 1.165) is 27.6 Å². The van der Waals surface area contributed by atoms with Gasteiger partial charge in [-0.15, -0.1) is 0 Å². The summed E-state index contributed by atoms with van der Waals surface area (Å²) < 4.78 is 1.05. The molecule has 0 spiro atoms. The molecule has 6 heteroatoms. The van der Waals surface area contributed by atoms with E-state index in [2.05, 4.69) is 17.6 Å². The number of carbonyl (C=O) groups excluding carboxylic acids is 1. The second kappa shape index (κ2) is 4.72. The van der Waals surface area contributed by atoms with E-state index in [4.69, 9.17) is 11.6 Å². The first-order valence-corrected chi connectivity index (χ1v) is 7.47. The van der Waals surface area contributed by atoms with Crippen LogP contribution >= 0.6 is 35.6 Å². The number of fused-ring (bicyclic) bond motifs is 1. The number of hydrogen-bond acceptors (Lipinski definition) is 4. The van der Waals surface area contributed by atoms with Gasteiger partial charge >= 0.3 is 0 Å². The summed E-state index contributed by atoms with van der Waals surface area (Å²) in [7, 11) is 0. The summed E-state index contributed by atoms with van der Waals surface area (Å²) in [6.07, 6.45) is 0.570. The van der Waals surface area contributed by atoms with Crippen LogP contribution in [0.4, 0.5) is 5.13 Å². The molecule has 0 aliphatic carbocycles. The zero-order valence-electron chi connectivity index (χ0n) is 9.47. The number of benzene rings is 1. The van der Waals surface area contributed by atoms with Gasteiger partial charge in [0.05, 0.1) is 10.2 Å². The average Bonchev–Trinajstić information content (AvgIpc) is 2.91. The van der Waals surface area contributed by atoms with Gasteiger partial charge < -0.3 is 0 Å². The number of carbonyl (C=O) groups is 1. The summed E-state index contributed by atoms with van der Waals surface area (Å²) in [5.41, 5.74) is 0.852. The molecule has 2 heterocycles. The molecule has 1 aromatic carbocycles. The van der Waals surface area contributed by atoms with Gasteiger partial charge in [-0.25, -0.2) is 4.98 Å². The average molecular weight is 299 g/mol. The van der Waals surface area contributed by atoms with Crippen molar-refractivity contribution in [1.82, 2.24) is 4.98 Å². The van der Waals surface area contributed by atoms with Gasteiger partial charge in [0.1, 0.15) is 0 Å². The van der Waals surface area contributed by atoms with Crippen LogP contribution in [0, 0.1) is 5.92 Å². The molecule has 1 saturated heterocycles. The number of halogens is 1. The third-order valence-electron chi connectivity index (χ3n) is 3.03. The Labute approximate surface area is 119 Å². The van der Waals surface area contributed by atoms with E-state index in [1.54, 1.807) is 4.90 Å². The Hall–Kier alpha value is -0.780. The zero-order valence-corrected chi connectivity index (χ0v) is 11.9. The molecule has 3 rings (SSSR count). The van der Waals surface area contributed by atoms with Gasteiger partial charge in [-0.3, -0.25) is 9.69 Å². The molecule has 1 amide bonds. The van der Waals surface area contributed by atoms with Crippen molar-refractivity contribution in [3.63, 3.8) is 0 Å². The minimum Gasteiger partial charge on any atom is -0.288 e. The smallest absolute Gasteiger partial charge is 0.229 e. The quantitative estimate of drug-likeness (QED) is 0.864. The fourth-order valence-electron chi connectivity index (χ4n) is 2.09. The largest absolute Gasteiger partial charge is 0.288 e. The molecule has 1 aliphatic heterocycles. The topological polar surface area (TPSA) is 33.2 Å². The van der Waals surface area contributed by atoms with Gasteiger partial charge in [-0.1, -0.05) is 22.9 Å². The maximum Gasteiger partial charge on any atom is 0.229 e. The van der Waals surface area contributed by atoms with Crippen molar-refractivity contribution >= 4 is 56.8 Å². The molecule has 0 saturated carbocycles. The molecule has 1 aliphatic rings. The van der Waals surface area contributed by atoms with E-state index >= 15 is 0 Å². The Balaban J connectivity index is 1.97. The molecule has 1 atom stereocenters.